The molecular formula is C23H26N4O4. The van der Waals surface area contributed by atoms with Gasteiger partial charge in [-0.2, -0.15) is 0 Å². The number of aryl methyl sites for hydroxylation is 1. The van der Waals surface area contributed by atoms with Gasteiger partial charge < -0.3 is 14.4 Å². The summed E-state index contributed by atoms with van der Waals surface area (Å²) in [5.74, 6) is 1.14. The van der Waals surface area contributed by atoms with Crippen LogP contribution in [0.5, 0.6) is 5.75 Å². The lowest BCUT2D eigenvalue weighted by Gasteiger charge is -2.26. The van der Waals surface area contributed by atoms with E-state index in [0.29, 0.717) is 56.5 Å². The van der Waals surface area contributed by atoms with E-state index in [0.717, 1.165) is 17.7 Å². The van der Waals surface area contributed by atoms with E-state index in [1.54, 1.807) is 15.9 Å². The highest BCUT2D eigenvalue weighted by Gasteiger charge is 2.21. The standard InChI is InChI=1S/C23H26N4O4/c1-2-19-23(26(17-28)15-18-7-4-3-5-8-18)27-10-6-9-20(22(27)24-19)31-16-21(29)25-11-13-30-14-12-25/h3-10,17H,2,11-16H2,1H3. The number of pyridine rings is 1. The van der Waals surface area contributed by atoms with Crippen molar-refractivity contribution in [2.45, 2.75) is 19.9 Å². The van der Waals surface area contributed by atoms with Gasteiger partial charge in [0.2, 0.25) is 6.41 Å². The number of imidazole rings is 1. The Labute approximate surface area is 181 Å². The van der Waals surface area contributed by atoms with Gasteiger partial charge in [-0.3, -0.25) is 18.9 Å². The Morgan fingerprint density at radius 3 is 2.68 bits per heavy atom. The molecule has 2 amide bonds. The molecule has 4 rings (SSSR count). The molecule has 3 heterocycles. The lowest BCUT2D eigenvalue weighted by Crippen LogP contribution is -2.43. The molecule has 1 aliphatic heterocycles. The maximum atomic E-state index is 12.5. The summed E-state index contributed by atoms with van der Waals surface area (Å²) in [4.78, 5) is 32.6. The number of hydrogen-bond donors (Lipinski definition) is 0. The van der Waals surface area contributed by atoms with Crippen molar-refractivity contribution in [2.75, 3.05) is 37.8 Å². The van der Waals surface area contributed by atoms with Crippen LogP contribution in [0.3, 0.4) is 0 Å². The number of hydrogen-bond acceptors (Lipinski definition) is 5. The van der Waals surface area contributed by atoms with Crippen molar-refractivity contribution in [3.63, 3.8) is 0 Å². The summed E-state index contributed by atoms with van der Waals surface area (Å²) >= 11 is 0. The van der Waals surface area contributed by atoms with Crippen LogP contribution in [0.1, 0.15) is 18.2 Å². The molecule has 0 unspecified atom stereocenters. The predicted molar refractivity (Wildman–Crippen MR) is 116 cm³/mol. The molecule has 0 aliphatic carbocycles. The minimum Gasteiger partial charge on any atom is -0.480 e. The molecule has 8 nitrogen and oxygen atoms in total. The van der Waals surface area contributed by atoms with Crippen LogP contribution in [0.15, 0.2) is 48.7 Å². The Kier molecular flexibility index (Phi) is 6.47. The topological polar surface area (TPSA) is 76.4 Å². The molecule has 0 bridgehead atoms. The SMILES string of the molecule is CCc1nc2c(OCC(=O)N3CCOCC3)cccn2c1N(C=O)Cc1ccccc1. The van der Waals surface area contributed by atoms with Crippen molar-refractivity contribution in [3.05, 3.63) is 59.9 Å². The molecule has 0 N–H and O–H groups in total. The molecule has 3 aromatic rings. The summed E-state index contributed by atoms with van der Waals surface area (Å²) < 4.78 is 13.0. The van der Waals surface area contributed by atoms with Crippen molar-refractivity contribution in [3.8, 4) is 5.75 Å². The Hall–Kier alpha value is -3.39. The molecule has 1 saturated heterocycles. The van der Waals surface area contributed by atoms with Crippen LogP contribution in [-0.2, 0) is 27.3 Å². The largest absolute Gasteiger partial charge is 0.480 e. The van der Waals surface area contributed by atoms with E-state index in [2.05, 4.69) is 0 Å². The van der Waals surface area contributed by atoms with Crippen LogP contribution in [0.4, 0.5) is 5.82 Å². The lowest BCUT2D eigenvalue weighted by molar-refractivity contribution is -0.137. The number of nitrogens with zero attached hydrogens (tertiary/aromatic N) is 4. The zero-order valence-corrected chi connectivity index (χ0v) is 17.6. The number of amides is 2. The zero-order valence-electron chi connectivity index (χ0n) is 17.6. The van der Waals surface area contributed by atoms with Crippen molar-refractivity contribution in [1.82, 2.24) is 14.3 Å². The van der Waals surface area contributed by atoms with Crippen molar-refractivity contribution >= 4 is 23.8 Å². The number of ether oxygens (including phenoxy) is 2. The first-order valence-electron chi connectivity index (χ1n) is 10.5. The number of aromatic nitrogens is 2. The molecule has 2 aromatic heterocycles. The molecule has 0 radical (unpaired) electrons. The molecule has 1 aromatic carbocycles. The highest BCUT2D eigenvalue weighted by molar-refractivity contribution is 5.79. The lowest BCUT2D eigenvalue weighted by atomic mass is 10.2. The summed E-state index contributed by atoms with van der Waals surface area (Å²) in [6, 6.07) is 13.4. The first kappa shape index (κ1) is 20.9. The molecule has 162 valence electrons. The Balaban J connectivity index is 1.60. The fourth-order valence-corrected chi connectivity index (χ4v) is 3.72. The van der Waals surface area contributed by atoms with Gasteiger partial charge >= 0.3 is 0 Å². The number of carbonyl (C=O) groups is 2. The summed E-state index contributed by atoms with van der Waals surface area (Å²) in [6.45, 7) is 4.62. The van der Waals surface area contributed by atoms with Gasteiger partial charge in [0, 0.05) is 19.3 Å². The van der Waals surface area contributed by atoms with E-state index in [1.165, 1.54) is 0 Å². The number of benzene rings is 1. The van der Waals surface area contributed by atoms with E-state index >= 15 is 0 Å². The molecule has 0 saturated carbocycles. The first-order chi connectivity index (χ1) is 15.2. The number of rotatable bonds is 8. The Morgan fingerprint density at radius 1 is 1.19 bits per heavy atom. The molecule has 0 atom stereocenters. The molecule has 8 heteroatoms. The van der Waals surface area contributed by atoms with Gasteiger partial charge in [0.15, 0.2) is 18.0 Å². The Bertz CT molecular complexity index is 1040. The van der Waals surface area contributed by atoms with Crippen LogP contribution < -0.4 is 9.64 Å². The molecule has 1 fully saturated rings. The number of carbonyl (C=O) groups excluding carboxylic acids is 2. The van der Waals surface area contributed by atoms with Crippen LogP contribution in [0.25, 0.3) is 5.65 Å². The van der Waals surface area contributed by atoms with Crippen LogP contribution >= 0.6 is 0 Å². The minimum atomic E-state index is -0.0774. The number of morpholine rings is 1. The fraction of sp³-hybridized carbons (Fsp3) is 0.348. The highest BCUT2D eigenvalue weighted by Crippen LogP contribution is 2.29. The van der Waals surface area contributed by atoms with E-state index < -0.39 is 0 Å². The van der Waals surface area contributed by atoms with Crippen LogP contribution in [0, 0.1) is 0 Å². The number of anilines is 1. The van der Waals surface area contributed by atoms with Crippen LogP contribution in [0.2, 0.25) is 0 Å². The van der Waals surface area contributed by atoms with Gasteiger partial charge in [-0.25, -0.2) is 4.98 Å². The normalized spacial score (nSPS) is 13.9. The van der Waals surface area contributed by atoms with Gasteiger partial charge in [0.25, 0.3) is 5.91 Å². The second-order valence-electron chi connectivity index (χ2n) is 7.30. The maximum absolute atomic E-state index is 12.5. The molecule has 31 heavy (non-hydrogen) atoms. The fourth-order valence-electron chi connectivity index (χ4n) is 3.72. The van der Waals surface area contributed by atoms with Gasteiger partial charge in [-0.1, -0.05) is 37.3 Å². The van der Waals surface area contributed by atoms with E-state index in [9.17, 15) is 9.59 Å². The Morgan fingerprint density at radius 2 is 1.97 bits per heavy atom. The zero-order chi connectivity index (χ0) is 21.6. The maximum Gasteiger partial charge on any atom is 0.260 e. The van der Waals surface area contributed by atoms with Crippen LogP contribution in [-0.4, -0.2) is 59.5 Å². The third-order valence-corrected chi connectivity index (χ3v) is 5.30. The predicted octanol–water partition coefficient (Wildman–Crippen LogP) is 2.30. The summed E-state index contributed by atoms with van der Waals surface area (Å²) in [5.41, 5.74) is 2.40. The molecule has 0 spiro atoms. The first-order valence-corrected chi connectivity index (χ1v) is 10.5. The third-order valence-electron chi connectivity index (χ3n) is 5.30. The second-order valence-corrected chi connectivity index (χ2v) is 7.30. The third kappa shape index (κ3) is 4.54. The molecule has 1 aliphatic rings. The van der Waals surface area contributed by atoms with Crippen molar-refractivity contribution in [2.24, 2.45) is 0 Å². The van der Waals surface area contributed by atoms with Crippen molar-refractivity contribution < 1.29 is 19.1 Å². The van der Waals surface area contributed by atoms with Gasteiger partial charge in [-0.05, 0) is 24.1 Å². The summed E-state index contributed by atoms with van der Waals surface area (Å²) in [7, 11) is 0. The highest BCUT2D eigenvalue weighted by atomic mass is 16.5. The van der Waals surface area contributed by atoms with E-state index in [-0.39, 0.29) is 12.5 Å². The quantitative estimate of drug-likeness (QED) is 0.521. The molecular weight excluding hydrogens is 396 g/mol. The summed E-state index contributed by atoms with van der Waals surface area (Å²) in [5, 5.41) is 0. The van der Waals surface area contributed by atoms with Gasteiger partial charge in [-0.15, -0.1) is 0 Å². The summed E-state index contributed by atoms with van der Waals surface area (Å²) in [6.07, 6.45) is 3.34. The number of fused-ring (bicyclic) bond motifs is 1. The van der Waals surface area contributed by atoms with E-state index in [1.807, 2.05) is 53.9 Å². The van der Waals surface area contributed by atoms with Gasteiger partial charge in [0.1, 0.15) is 5.82 Å². The van der Waals surface area contributed by atoms with Gasteiger partial charge in [0.05, 0.1) is 25.5 Å². The van der Waals surface area contributed by atoms with Crippen molar-refractivity contribution in [1.29, 1.82) is 0 Å². The monoisotopic (exact) mass is 422 g/mol. The average molecular weight is 422 g/mol. The minimum absolute atomic E-state index is 0.0647. The second kappa shape index (κ2) is 9.61. The average Bonchev–Trinajstić information content (AvgIpc) is 3.21. The van der Waals surface area contributed by atoms with E-state index in [4.69, 9.17) is 14.5 Å². The smallest absolute Gasteiger partial charge is 0.260 e.